The Labute approximate surface area is 134 Å². The van der Waals surface area contributed by atoms with Gasteiger partial charge in [-0.25, -0.2) is 9.97 Å². The molecule has 1 aromatic heterocycles. The molecule has 6 nitrogen and oxygen atoms in total. The van der Waals surface area contributed by atoms with Crippen molar-refractivity contribution in [2.45, 2.75) is 19.8 Å². The Morgan fingerprint density at radius 2 is 2.10 bits per heavy atom. The zero-order valence-electron chi connectivity index (χ0n) is 11.2. The van der Waals surface area contributed by atoms with Crippen molar-refractivity contribution in [2.24, 2.45) is 0 Å². The molecule has 0 aliphatic heterocycles. The molecule has 0 spiro atoms. The van der Waals surface area contributed by atoms with Crippen molar-refractivity contribution in [3.63, 3.8) is 0 Å². The summed E-state index contributed by atoms with van der Waals surface area (Å²) < 4.78 is 6.27. The van der Waals surface area contributed by atoms with Gasteiger partial charge in [0.25, 0.3) is 5.69 Å². The molecule has 0 saturated heterocycles. The Morgan fingerprint density at radius 1 is 1.38 bits per heavy atom. The third-order valence-corrected chi connectivity index (χ3v) is 3.66. The summed E-state index contributed by atoms with van der Waals surface area (Å²) in [5.74, 6) is 0.623. The summed E-state index contributed by atoms with van der Waals surface area (Å²) in [6, 6.07) is 4.25. The smallest absolute Gasteiger partial charge is 0.273 e. The molecule has 2 aromatic rings. The van der Waals surface area contributed by atoms with Gasteiger partial charge in [0.15, 0.2) is 5.75 Å². The van der Waals surface area contributed by atoms with Gasteiger partial charge in [-0.2, -0.15) is 0 Å². The van der Waals surface area contributed by atoms with Crippen LogP contribution in [0.1, 0.15) is 25.3 Å². The molecule has 0 bridgehead atoms. The molecule has 0 atom stereocenters. The minimum absolute atomic E-state index is 0.0474. The third kappa shape index (κ3) is 3.48. The van der Waals surface area contributed by atoms with E-state index in [9.17, 15) is 10.1 Å². The lowest BCUT2D eigenvalue weighted by Gasteiger charge is -2.13. The number of benzene rings is 1. The van der Waals surface area contributed by atoms with Crippen molar-refractivity contribution >= 4 is 33.2 Å². The van der Waals surface area contributed by atoms with Crippen molar-refractivity contribution in [3.05, 3.63) is 49.8 Å². The average molecular weight is 373 g/mol. The summed E-state index contributed by atoms with van der Waals surface area (Å²) in [6.45, 7) is 3.86. The van der Waals surface area contributed by atoms with Crippen molar-refractivity contribution in [1.29, 1.82) is 0 Å². The van der Waals surface area contributed by atoms with E-state index in [4.69, 9.17) is 16.3 Å². The minimum Gasteiger partial charge on any atom is -0.437 e. The third-order valence-electron chi connectivity index (χ3n) is 2.71. The number of halogens is 2. The summed E-state index contributed by atoms with van der Waals surface area (Å²) >= 11 is 9.35. The molecule has 1 heterocycles. The lowest BCUT2D eigenvalue weighted by atomic mass is 10.1. The normalized spacial score (nSPS) is 10.7. The molecule has 21 heavy (non-hydrogen) atoms. The molecule has 8 heteroatoms. The van der Waals surface area contributed by atoms with Crippen LogP contribution < -0.4 is 4.74 Å². The summed E-state index contributed by atoms with van der Waals surface area (Å²) in [6.07, 6.45) is 1.29. The molecule has 0 unspecified atom stereocenters. The average Bonchev–Trinajstić information content (AvgIpc) is 2.40. The SMILES string of the molecule is CC(C)c1c(Cl)ncnc1Oc1cc([N+](=O)[O-])ccc1Br. The number of ether oxygens (including phenoxy) is 1. The molecule has 2 rings (SSSR count). The summed E-state index contributed by atoms with van der Waals surface area (Å²) in [4.78, 5) is 18.3. The van der Waals surface area contributed by atoms with Crippen LogP contribution in [-0.2, 0) is 0 Å². The van der Waals surface area contributed by atoms with Crippen molar-refractivity contribution in [1.82, 2.24) is 9.97 Å². The van der Waals surface area contributed by atoms with Gasteiger partial charge in [-0.15, -0.1) is 0 Å². The van der Waals surface area contributed by atoms with Crippen LogP contribution in [0.25, 0.3) is 0 Å². The second-order valence-corrected chi connectivity index (χ2v) is 5.72. The zero-order valence-corrected chi connectivity index (χ0v) is 13.6. The first-order chi connectivity index (χ1) is 9.90. The Bertz CT molecular complexity index is 694. The van der Waals surface area contributed by atoms with E-state index >= 15 is 0 Å². The molecule has 0 amide bonds. The van der Waals surface area contributed by atoms with Crippen LogP contribution in [0.4, 0.5) is 5.69 Å². The number of nitro benzene ring substituents is 1. The predicted octanol–water partition coefficient (Wildman–Crippen LogP) is 4.72. The maximum atomic E-state index is 10.8. The first-order valence-electron chi connectivity index (χ1n) is 6.02. The van der Waals surface area contributed by atoms with Crippen molar-refractivity contribution in [2.75, 3.05) is 0 Å². The highest BCUT2D eigenvalue weighted by molar-refractivity contribution is 9.10. The predicted molar refractivity (Wildman–Crippen MR) is 82.0 cm³/mol. The minimum atomic E-state index is -0.490. The summed E-state index contributed by atoms with van der Waals surface area (Å²) in [5.41, 5.74) is 0.581. The van der Waals surface area contributed by atoms with Crippen LogP contribution in [0.5, 0.6) is 11.6 Å². The largest absolute Gasteiger partial charge is 0.437 e. The van der Waals surface area contributed by atoms with Crippen molar-refractivity contribution in [3.8, 4) is 11.6 Å². The van der Waals surface area contributed by atoms with E-state index in [1.54, 1.807) is 6.07 Å². The number of hydrogen-bond donors (Lipinski definition) is 0. The fourth-order valence-corrected chi connectivity index (χ4v) is 2.38. The Hall–Kier alpha value is -1.73. The fraction of sp³-hybridized carbons (Fsp3) is 0.231. The highest BCUT2D eigenvalue weighted by Crippen LogP contribution is 2.36. The molecule has 0 fully saturated rings. The Morgan fingerprint density at radius 3 is 2.71 bits per heavy atom. The second kappa shape index (κ2) is 6.36. The van der Waals surface area contributed by atoms with E-state index in [1.165, 1.54) is 18.5 Å². The molecular formula is C13H11BrClN3O3. The maximum Gasteiger partial charge on any atom is 0.273 e. The Balaban J connectivity index is 2.45. The van der Waals surface area contributed by atoms with Crippen LogP contribution in [0, 0.1) is 10.1 Å². The van der Waals surface area contributed by atoms with Crippen LogP contribution in [0.2, 0.25) is 5.15 Å². The molecule has 0 aliphatic rings. The van der Waals surface area contributed by atoms with Gasteiger partial charge in [0.1, 0.15) is 11.5 Å². The van der Waals surface area contributed by atoms with E-state index in [-0.39, 0.29) is 17.5 Å². The molecule has 110 valence electrons. The molecule has 1 aromatic carbocycles. The van der Waals surface area contributed by atoms with Gasteiger partial charge >= 0.3 is 0 Å². The number of hydrogen-bond acceptors (Lipinski definition) is 5. The van der Waals surface area contributed by atoms with Crippen LogP contribution in [0.15, 0.2) is 29.0 Å². The number of nitro groups is 1. The Kier molecular flexibility index (Phi) is 4.74. The maximum absolute atomic E-state index is 10.8. The fourth-order valence-electron chi connectivity index (χ4n) is 1.71. The lowest BCUT2D eigenvalue weighted by Crippen LogP contribution is -2.00. The van der Waals surface area contributed by atoms with Crippen molar-refractivity contribution < 1.29 is 9.66 Å². The first-order valence-corrected chi connectivity index (χ1v) is 7.19. The molecule has 0 N–H and O–H groups in total. The second-order valence-electron chi connectivity index (χ2n) is 4.51. The highest BCUT2D eigenvalue weighted by Gasteiger charge is 2.18. The molecular weight excluding hydrogens is 362 g/mol. The lowest BCUT2D eigenvalue weighted by molar-refractivity contribution is -0.384. The van der Waals surface area contributed by atoms with E-state index in [0.29, 0.717) is 20.9 Å². The monoisotopic (exact) mass is 371 g/mol. The molecule has 0 saturated carbocycles. The van der Waals surface area contributed by atoms with Crippen LogP contribution >= 0.6 is 27.5 Å². The van der Waals surface area contributed by atoms with Gasteiger partial charge in [-0.3, -0.25) is 10.1 Å². The van der Waals surface area contributed by atoms with Crippen LogP contribution in [0.3, 0.4) is 0 Å². The number of nitrogens with zero attached hydrogens (tertiary/aromatic N) is 3. The van der Waals surface area contributed by atoms with Gasteiger partial charge in [0.05, 0.1) is 21.0 Å². The van der Waals surface area contributed by atoms with E-state index < -0.39 is 4.92 Å². The molecule has 0 aliphatic carbocycles. The van der Waals surface area contributed by atoms with E-state index in [2.05, 4.69) is 25.9 Å². The zero-order chi connectivity index (χ0) is 15.6. The summed E-state index contributed by atoms with van der Waals surface area (Å²) in [7, 11) is 0. The standard InChI is InChI=1S/C13H11BrClN3O3/c1-7(2)11-12(15)16-6-17-13(11)21-10-5-8(18(19)20)3-4-9(10)14/h3-7H,1-2H3. The topological polar surface area (TPSA) is 78.2 Å². The van der Waals surface area contributed by atoms with E-state index in [0.717, 1.165) is 0 Å². The van der Waals surface area contributed by atoms with Gasteiger partial charge in [-0.05, 0) is 27.9 Å². The summed E-state index contributed by atoms with van der Waals surface area (Å²) in [5, 5.41) is 11.1. The molecule has 0 radical (unpaired) electrons. The number of non-ortho nitro benzene ring substituents is 1. The van der Waals surface area contributed by atoms with Gasteiger partial charge in [0, 0.05) is 6.07 Å². The van der Waals surface area contributed by atoms with Gasteiger partial charge in [0.2, 0.25) is 5.88 Å². The van der Waals surface area contributed by atoms with Gasteiger partial charge in [-0.1, -0.05) is 25.4 Å². The number of rotatable bonds is 4. The van der Waals surface area contributed by atoms with E-state index in [1.807, 2.05) is 13.8 Å². The highest BCUT2D eigenvalue weighted by atomic mass is 79.9. The van der Waals surface area contributed by atoms with Crippen LogP contribution in [-0.4, -0.2) is 14.9 Å². The van der Waals surface area contributed by atoms with Gasteiger partial charge < -0.3 is 4.74 Å². The number of aromatic nitrogens is 2. The first kappa shape index (κ1) is 15.7. The quantitative estimate of drug-likeness (QED) is 0.441.